The number of aryl methyl sites for hydroxylation is 1. The average molecular weight is 598 g/mol. The van der Waals surface area contributed by atoms with Crippen LogP contribution in [0.3, 0.4) is 0 Å². The third kappa shape index (κ3) is 5.46. The maximum absolute atomic E-state index is 13.9. The summed E-state index contributed by atoms with van der Waals surface area (Å²) in [6.07, 6.45) is 4.94. The minimum Gasteiger partial charge on any atom is -0.496 e. The molecule has 0 aliphatic carbocycles. The minimum atomic E-state index is -3.97. The molecule has 3 aromatic heterocycles. The van der Waals surface area contributed by atoms with Crippen LogP contribution in [0, 0.1) is 6.92 Å². The molecule has 5 rings (SSSR count). The summed E-state index contributed by atoms with van der Waals surface area (Å²) in [4.78, 5) is 26.4. The molecule has 0 saturated carbocycles. The first kappa shape index (κ1) is 29.8. The van der Waals surface area contributed by atoms with Crippen LogP contribution in [0.5, 0.6) is 5.75 Å². The summed E-state index contributed by atoms with van der Waals surface area (Å²) in [5.74, 6) is 1.06. The highest BCUT2D eigenvalue weighted by atomic mass is 32.2. The Morgan fingerprint density at radius 3 is 2.21 bits per heavy atom. The number of hydrogen-bond acceptors (Lipinski definition) is 7. The van der Waals surface area contributed by atoms with Gasteiger partial charge in [0.1, 0.15) is 11.6 Å². The Hall–Kier alpha value is -4.70. The number of anilines is 1. The lowest BCUT2D eigenvalue weighted by molar-refractivity contribution is 0.0828. The van der Waals surface area contributed by atoms with E-state index in [2.05, 4.69) is 4.98 Å². The van der Waals surface area contributed by atoms with Crippen molar-refractivity contribution < 1.29 is 17.9 Å². The Kier molecular flexibility index (Phi) is 8.23. The van der Waals surface area contributed by atoms with Gasteiger partial charge in [-0.05, 0) is 51.1 Å². The second kappa shape index (κ2) is 11.9. The first-order valence-corrected chi connectivity index (χ1v) is 15.5. The van der Waals surface area contributed by atoms with Crippen LogP contribution >= 0.6 is 0 Å². The summed E-state index contributed by atoms with van der Waals surface area (Å²) < 4.78 is 34.6. The fourth-order valence-corrected chi connectivity index (χ4v) is 6.44. The van der Waals surface area contributed by atoms with Gasteiger partial charge in [-0.3, -0.25) is 4.79 Å². The highest BCUT2D eigenvalue weighted by molar-refractivity contribution is 7.90. The van der Waals surface area contributed by atoms with E-state index in [-0.39, 0.29) is 16.4 Å². The molecule has 2 aromatic carbocycles. The van der Waals surface area contributed by atoms with E-state index in [1.165, 1.54) is 8.87 Å². The lowest BCUT2D eigenvalue weighted by atomic mass is 10.0. The molecule has 10 heteroatoms. The number of carbonyl (C=O) groups is 1. The zero-order valence-corrected chi connectivity index (χ0v) is 26.0. The zero-order valence-electron chi connectivity index (χ0n) is 25.2. The molecule has 0 saturated heterocycles. The van der Waals surface area contributed by atoms with E-state index >= 15 is 0 Å². The minimum absolute atomic E-state index is 0.157. The molecule has 0 atom stereocenters. The molecule has 0 spiro atoms. The predicted molar refractivity (Wildman–Crippen MR) is 170 cm³/mol. The van der Waals surface area contributed by atoms with Crippen molar-refractivity contribution >= 4 is 32.8 Å². The van der Waals surface area contributed by atoms with Crippen molar-refractivity contribution in [1.29, 1.82) is 0 Å². The largest absolute Gasteiger partial charge is 0.496 e. The smallest absolute Gasteiger partial charge is 0.269 e. The number of amides is 1. The van der Waals surface area contributed by atoms with Crippen LogP contribution in [0.1, 0.15) is 29.8 Å². The monoisotopic (exact) mass is 597 g/mol. The molecule has 0 bridgehead atoms. The standard InChI is InChI=1S/C33H35N5O4S/c1-7-37(8-2)31-28(33(39)36(4)5)18-24(19-34-31)23-17-27-29(26-11-9-10-12-30(26)42-6)21-38(32(27)35-20-23)43(40,41)25-15-13-22(3)14-16-25/h9-21H,7-8H2,1-6H3. The Labute approximate surface area is 252 Å². The first-order chi connectivity index (χ1) is 20.6. The van der Waals surface area contributed by atoms with Gasteiger partial charge in [0.15, 0.2) is 5.65 Å². The normalized spacial score (nSPS) is 11.5. The predicted octanol–water partition coefficient (Wildman–Crippen LogP) is 5.87. The maximum atomic E-state index is 13.9. The molecule has 43 heavy (non-hydrogen) atoms. The highest BCUT2D eigenvalue weighted by Crippen LogP contribution is 2.39. The molecule has 9 nitrogen and oxygen atoms in total. The van der Waals surface area contributed by atoms with Crippen molar-refractivity contribution in [2.45, 2.75) is 25.7 Å². The van der Waals surface area contributed by atoms with Gasteiger partial charge in [0.05, 0.1) is 17.6 Å². The summed E-state index contributed by atoms with van der Waals surface area (Å²) in [6.45, 7) is 7.36. The van der Waals surface area contributed by atoms with Gasteiger partial charge in [-0.15, -0.1) is 0 Å². The molecule has 5 aromatic rings. The van der Waals surface area contributed by atoms with Crippen LogP contribution in [0.15, 0.2) is 84.1 Å². The van der Waals surface area contributed by atoms with E-state index in [9.17, 15) is 13.2 Å². The van der Waals surface area contributed by atoms with Crippen LogP contribution < -0.4 is 9.64 Å². The number of rotatable bonds is 9. The molecule has 0 fully saturated rings. The number of ether oxygens (including phenoxy) is 1. The Balaban J connectivity index is 1.75. The molecule has 0 unspecified atom stereocenters. The molecule has 0 aliphatic rings. The molecule has 222 valence electrons. The van der Waals surface area contributed by atoms with Gasteiger partial charge in [-0.1, -0.05) is 35.9 Å². The third-order valence-corrected chi connectivity index (χ3v) is 9.15. The number of benzene rings is 2. The molecule has 0 N–H and O–H groups in total. The Bertz CT molecular complexity index is 1910. The Morgan fingerprint density at radius 2 is 1.56 bits per heavy atom. The van der Waals surface area contributed by atoms with Crippen molar-refractivity contribution in [3.63, 3.8) is 0 Å². The number of carbonyl (C=O) groups excluding carboxylic acids is 1. The number of hydrogen-bond donors (Lipinski definition) is 0. The van der Waals surface area contributed by atoms with Gasteiger partial charge in [-0.25, -0.2) is 22.4 Å². The van der Waals surface area contributed by atoms with Crippen molar-refractivity contribution in [2.24, 2.45) is 0 Å². The number of para-hydroxylation sites is 1. The van der Waals surface area contributed by atoms with Crippen molar-refractivity contribution in [2.75, 3.05) is 39.2 Å². The van der Waals surface area contributed by atoms with Crippen molar-refractivity contribution in [3.05, 3.63) is 90.4 Å². The zero-order chi connectivity index (χ0) is 30.9. The van der Waals surface area contributed by atoms with Gasteiger partial charge in [0, 0.05) is 73.4 Å². The Morgan fingerprint density at radius 1 is 0.907 bits per heavy atom. The third-order valence-electron chi connectivity index (χ3n) is 7.49. The average Bonchev–Trinajstić information content (AvgIpc) is 3.41. The first-order valence-electron chi connectivity index (χ1n) is 14.0. The highest BCUT2D eigenvalue weighted by Gasteiger charge is 2.25. The SMILES string of the molecule is CCN(CC)c1ncc(-c2cnc3c(c2)c(-c2ccccc2OC)cn3S(=O)(=O)c2ccc(C)cc2)cc1C(=O)N(C)C. The quantitative estimate of drug-likeness (QED) is 0.210. The van der Waals surface area contributed by atoms with E-state index in [0.29, 0.717) is 52.3 Å². The van der Waals surface area contributed by atoms with Crippen molar-refractivity contribution in [3.8, 4) is 28.0 Å². The fraction of sp³-hybridized carbons (Fsp3) is 0.242. The molecular weight excluding hydrogens is 562 g/mol. The summed E-state index contributed by atoms with van der Waals surface area (Å²) >= 11 is 0. The molecule has 3 heterocycles. The second-order valence-electron chi connectivity index (χ2n) is 10.4. The number of methoxy groups -OCH3 is 1. The second-order valence-corrected chi connectivity index (χ2v) is 12.2. The topological polar surface area (TPSA) is 97.6 Å². The van der Waals surface area contributed by atoms with Crippen LogP contribution in [-0.2, 0) is 10.0 Å². The van der Waals surface area contributed by atoms with Crippen LogP contribution in [0.25, 0.3) is 33.3 Å². The number of fused-ring (bicyclic) bond motifs is 1. The van der Waals surface area contributed by atoms with Crippen LogP contribution in [-0.4, -0.2) is 67.5 Å². The summed E-state index contributed by atoms with van der Waals surface area (Å²) in [6, 6.07) is 17.9. The maximum Gasteiger partial charge on any atom is 0.269 e. The molecule has 0 aliphatic heterocycles. The van der Waals surface area contributed by atoms with Crippen LogP contribution in [0.4, 0.5) is 5.82 Å². The van der Waals surface area contributed by atoms with Crippen molar-refractivity contribution in [1.82, 2.24) is 18.8 Å². The van der Waals surface area contributed by atoms with Gasteiger partial charge < -0.3 is 14.5 Å². The molecule has 0 radical (unpaired) electrons. The van der Waals surface area contributed by atoms with Crippen LogP contribution in [0.2, 0.25) is 0 Å². The number of pyridine rings is 2. The lowest BCUT2D eigenvalue weighted by Crippen LogP contribution is -2.29. The summed E-state index contributed by atoms with van der Waals surface area (Å²) in [7, 11) is 1.04. The number of aromatic nitrogens is 3. The van der Waals surface area contributed by atoms with E-state index < -0.39 is 10.0 Å². The number of nitrogens with zero attached hydrogens (tertiary/aromatic N) is 5. The molecular formula is C33H35N5O4S. The lowest BCUT2D eigenvalue weighted by Gasteiger charge is -2.24. The summed E-state index contributed by atoms with van der Waals surface area (Å²) in [5, 5.41) is 0.617. The van der Waals surface area contributed by atoms with Gasteiger partial charge in [0.2, 0.25) is 0 Å². The van der Waals surface area contributed by atoms with E-state index in [1.807, 2.05) is 62.1 Å². The van der Waals surface area contributed by atoms with Gasteiger partial charge >= 0.3 is 0 Å². The van der Waals surface area contributed by atoms with Gasteiger partial charge in [0.25, 0.3) is 15.9 Å². The summed E-state index contributed by atoms with van der Waals surface area (Å²) in [5.41, 5.74) is 4.48. The van der Waals surface area contributed by atoms with Gasteiger partial charge in [-0.2, -0.15) is 0 Å². The fourth-order valence-electron chi connectivity index (χ4n) is 5.11. The molecule has 1 amide bonds. The van der Waals surface area contributed by atoms with E-state index in [4.69, 9.17) is 9.72 Å². The van der Waals surface area contributed by atoms with E-state index in [1.54, 1.807) is 64.1 Å². The van der Waals surface area contributed by atoms with E-state index in [0.717, 1.165) is 11.1 Å².